The quantitative estimate of drug-likeness (QED) is 0.750. The van der Waals surface area contributed by atoms with Gasteiger partial charge in [-0.3, -0.25) is 4.79 Å². The SMILES string of the molecule is CCSc1cc(C(=O)Nc2cc(C)c(C)c(F)c2)ccc1Cl. The Morgan fingerprint density at radius 1 is 1.27 bits per heavy atom. The van der Waals surface area contributed by atoms with Gasteiger partial charge in [-0.25, -0.2) is 4.39 Å². The van der Waals surface area contributed by atoms with E-state index < -0.39 is 0 Å². The second-order valence-electron chi connectivity index (χ2n) is 4.93. The molecule has 116 valence electrons. The van der Waals surface area contributed by atoms with Gasteiger partial charge in [-0.15, -0.1) is 11.8 Å². The molecule has 0 saturated heterocycles. The van der Waals surface area contributed by atoms with Crippen molar-refractivity contribution >= 4 is 35.0 Å². The van der Waals surface area contributed by atoms with Crippen molar-refractivity contribution in [3.8, 4) is 0 Å². The number of amides is 1. The van der Waals surface area contributed by atoms with E-state index in [1.807, 2.05) is 13.8 Å². The Hall–Kier alpha value is -1.52. The van der Waals surface area contributed by atoms with E-state index in [1.54, 1.807) is 43.0 Å². The highest BCUT2D eigenvalue weighted by Gasteiger charge is 2.11. The zero-order valence-electron chi connectivity index (χ0n) is 12.7. The van der Waals surface area contributed by atoms with Gasteiger partial charge >= 0.3 is 0 Å². The molecular formula is C17H17ClFNOS. The van der Waals surface area contributed by atoms with Crippen LogP contribution in [0.5, 0.6) is 0 Å². The number of nitrogens with one attached hydrogen (secondary N) is 1. The van der Waals surface area contributed by atoms with Gasteiger partial charge in [0.05, 0.1) is 5.02 Å². The van der Waals surface area contributed by atoms with E-state index in [9.17, 15) is 9.18 Å². The summed E-state index contributed by atoms with van der Waals surface area (Å²) < 4.78 is 13.7. The lowest BCUT2D eigenvalue weighted by molar-refractivity contribution is 0.102. The van der Waals surface area contributed by atoms with Gasteiger partial charge in [-0.05, 0) is 61.1 Å². The Morgan fingerprint density at radius 2 is 2.00 bits per heavy atom. The Balaban J connectivity index is 2.24. The monoisotopic (exact) mass is 337 g/mol. The average Bonchev–Trinajstić information content (AvgIpc) is 2.47. The van der Waals surface area contributed by atoms with Crippen LogP contribution in [0.4, 0.5) is 10.1 Å². The van der Waals surface area contributed by atoms with E-state index in [0.29, 0.717) is 21.8 Å². The van der Waals surface area contributed by atoms with Crippen LogP contribution in [0.25, 0.3) is 0 Å². The Morgan fingerprint density at radius 3 is 2.64 bits per heavy atom. The number of thioether (sulfide) groups is 1. The molecule has 0 fully saturated rings. The van der Waals surface area contributed by atoms with Crippen molar-refractivity contribution < 1.29 is 9.18 Å². The molecule has 0 aromatic heterocycles. The van der Waals surface area contributed by atoms with Crippen LogP contribution in [0.15, 0.2) is 35.2 Å². The van der Waals surface area contributed by atoms with Crippen LogP contribution >= 0.6 is 23.4 Å². The molecule has 0 aliphatic carbocycles. The normalized spacial score (nSPS) is 10.6. The van der Waals surface area contributed by atoms with Crippen LogP contribution in [0.2, 0.25) is 5.02 Å². The van der Waals surface area contributed by atoms with Crippen LogP contribution in [0.3, 0.4) is 0 Å². The number of hydrogen-bond donors (Lipinski definition) is 1. The van der Waals surface area contributed by atoms with E-state index in [4.69, 9.17) is 11.6 Å². The van der Waals surface area contributed by atoms with E-state index in [2.05, 4.69) is 5.32 Å². The molecule has 1 amide bonds. The number of benzene rings is 2. The molecule has 5 heteroatoms. The first-order valence-electron chi connectivity index (χ1n) is 6.92. The molecule has 2 rings (SSSR count). The van der Waals surface area contributed by atoms with Crippen LogP contribution < -0.4 is 5.32 Å². The fourth-order valence-electron chi connectivity index (χ4n) is 2.00. The van der Waals surface area contributed by atoms with Crippen molar-refractivity contribution in [2.24, 2.45) is 0 Å². The zero-order valence-corrected chi connectivity index (χ0v) is 14.2. The lowest BCUT2D eigenvalue weighted by Crippen LogP contribution is -2.12. The summed E-state index contributed by atoms with van der Waals surface area (Å²) in [6, 6.07) is 8.21. The third-order valence-electron chi connectivity index (χ3n) is 3.36. The fourth-order valence-corrected chi connectivity index (χ4v) is 3.01. The number of rotatable bonds is 4. The van der Waals surface area contributed by atoms with Gasteiger partial charge < -0.3 is 5.32 Å². The van der Waals surface area contributed by atoms with E-state index in [1.165, 1.54) is 6.07 Å². The average molecular weight is 338 g/mol. The second-order valence-corrected chi connectivity index (χ2v) is 6.65. The van der Waals surface area contributed by atoms with Crippen molar-refractivity contribution in [2.45, 2.75) is 25.7 Å². The summed E-state index contributed by atoms with van der Waals surface area (Å²) in [7, 11) is 0. The first-order chi connectivity index (χ1) is 10.4. The molecule has 0 bridgehead atoms. The Kier molecular flexibility index (Phi) is 5.48. The molecule has 0 spiro atoms. The first kappa shape index (κ1) is 16.8. The van der Waals surface area contributed by atoms with Crippen molar-refractivity contribution in [3.63, 3.8) is 0 Å². The molecule has 1 N–H and O–H groups in total. The van der Waals surface area contributed by atoms with Crippen molar-refractivity contribution in [1.29, 1.82) is 0 Å². The Bertz CT molecular complexity index is 695. The highest BCUT2D eigenvalue weighted by molar-refractivity contribution is 7.99. The summed E-state index contributed by atoms with van der Waals surface area (Å²) in [6.07, 6.45) is 0. The van der Waals surface area contributed by atoms with Gasteiger partial charge in [0.2, 0.25) is 0 Å². The minimum absolute atomic E-state index is 0.280. The lowest BCUT2D eigenvalue weighted by atomic mass is 10.1. The fraction of sp³-hybridized carbons (Fsp3) is 0.235. The third-order valence-corrected chi connectivity index (χ3v) is 4.73. The minimum atomic E-state index is -0.325. The maximum atomic E-state index is 13.7. The molecule has 0 heterocycles. The molecule has 0 radical (unpaired) electrons. The van der Waals surface area contributed by atoms with Gasteiger partial charge in [0.1, 0.15) is 5.82 Å². The van der Waals surface area contributed by atoms with Crippen LogP contribution in [-0.4, -0.2) is 11.7 Å². The topological polar surface area (TPSA) is 29.1 Å². The van der Waals surface area contributed by atoms with Gasteiger partial charge in [-0.1, -0.05) is 18.5 Å². The first-order valence-corrected chi connectivity index (χ1v) is 8.29. The third kappa shape index (κ3) is 3.81. The molecule has 0 aliphatic rings. The maximum absolute atomic E-state index is 13.7. The predicted octanol–water partition coefficient (Wildman–Crippen LogP) is 5.46. The van der Waals surface area contributed by atoms with Gasteiger partial charge in [0.15, 0.2) is 0 Å². The highest BCUT2D eigenvalue weighted by Crippen LogP contribution is 2.28. The minimum Gasteiger partial charge on any atom is -0.322 e. The molecule has 0 aliphatic heterocycles. The standard InChI is InChI=1S/C17H17ClFNOS/c1-4-22-16-8-12(5-6-14(16)18)17(21)20-13-7-10(2)11(3)15(19)9-13/h5-9H,4H2,1-3H3,(H,20,21). The second kappa shape index (κ2) is 7.16. The molecule has 0 unspecified atom stereocenters. The number of carbonyl (C=O) groups excluding carboxylic acids is 1. The van der Waals surface area contributed by atoms with E-state index in [-0.39, 0.29) is 11.7 Å². The summed E-state index contributed by atoms with van der Waals surface area (Å²) in [4.78, 5) is 13.2. The number of hydrogen-bond acceptors (Lipinski definition) is 2. The van der Waals surface area contributed by atoms with Crippen LogP contribution in [0.1, 0.15) is 28.4 Å². The zero-order chi connectivity index (χ0) is 16.3. The van der Waals surface area contributed by atoms with Crippen LogP contribution in [0, 0.1) is 19.7 Å². The predicted molar refractivity (Wildman–Crippen MR) is 91.7 cm³/mol. The highest BCUT2D eigenvalue weighted by atomic mass is 35.5. The van der Waals surface area contributed by atoms with E-state index in [0.717, 1.165) is 16.2 Å². The van der Waals surface area contributed by atoms with Gasteiger partial charge in [0.25, 0.3) is 5.91 Å². The summed E-state index contributed by atoms with van der Waals surface area (Å²) in [5.74, 6) is 0.263. The lowest BCUT2D eigenvalue weighted by Gasteiger charge is -2.10. The van der Waals surface area contributed by atoms with Gasteiger partial charge in [0, 0.05) is 16.1 Å². The van der Waals surface area contributed by atoms with Crippen molar-refractivity contribution in [3.05, 3.63) is 57.9 Å². The maximum Gasteiger partial charge on any atom is 0.255 e. The summed E-state index contributed by atoms with van der Waals surface area (Å²) in [5.41, 5.74) is 2.34. The molecule has 22 heavy (non-hydrogen) atoms. The molecule has 2 aromatic rings. The number of anilines is 1. The summed E-state index contributed by atoms with van der Waals surface area (Å²) in [5, 5.41) is 3.35. The summed E-state index contributed by atoms with van der Waals surface area (Å²) in [6.45, 7) is 5.54. The molecule has 0 saturated carbocycles. The number of halogens is 2. The largest absolute Gasteiger partial charge is 0.322 e. The van der Waals surface area contributed by atoms with Crippen molar-refractivity contribution in [2.75, 3.05) is 11.1 Å². The smallest absolute Gasteiger partial charge is 0.255 e. The van der Waals surface area contributed by atoms with Crippen molar-refractivity contribution in [1.82, 2.24) is 0 Å². The van der Waals surface area contributed by atoms with Crippen LogP contribution in [-0.2, 0) is 0 Å². The Labute approximate surface area is 139 Å². The van der Waals surface area contributed by atoms with E-state index >= 15 is 0 Å². The molecule has 0 atom stereocenters. The molecule has 2 nitrogen and oxygen atoms in total. The molecule has 2 aromatic carbocycles. The van der Waals surface area contributed by atoms with Gasteiger partial charge in [-0.2, -0.15) is 0 Å². The number of aryl methyl sites for hydroxylation is 1. The molecular weight excluding hydrogens is 321 g/mol. The number of carbonyl (C=O) groups is 1. The summed E-state index contributed by atoms with van der Waals surface area (Å²) >= 11 is 7.67.